The minimum absolute atomic E-state index is 0.0608. The van der Waals surface area contributed by atoms with Crippen LogP contribution < -0.4 is 0 Å². The summed E-state index contributed by atoms with van der Waals surface area (Å²) in [5.41, 5.74) is 2.23. The molecule has 2 aromatic carbocycles. The third-order valence-electron chi connectivity index (χ3n) is 4.06. The van der Waals surface area contributed by atoms with E-state index in [1.54, 1.807) is 0 Å². The van der Waals surface area contributed by atoms with Gasteiger partial charge in [0.05, 0.1) is 4.92 Å². The van der Waals surface area contributed by atoms with Crippen molar-refractivity contribution >= 4 is 11.6 Å². The van der Waals surface area contributed by atoms with Gasteiger partial charge in [-0.05, 0) is 32.0 Å². The van der Waals surface area contributed by atoms with Gasteiger partial charge in [-0.1, -0.05) is 28.9 Å². The van der Waals surface area contributed by atoms with Gasteiger partial charge in [0.1, 0.15) is 6.54 Å². The molecule has 8 nitrogen and oxygen atoms in total. The Morgan fingerprint density at radius 1 is 1.22 bits per heavy atom. The molecule has 0 aliphatic carbocycles. The number of amides is 1. The summed E-state index contributed by atoms with van der Waals surface area (Å²) in [6.45, 7) is 4.40. The van der Waals surface area contributed by atoms with Crippen LogP contribution in [0.3, 0.4) is 0 Å². The first kappa shape index (κ1) is 18.2. The van der Waals surface area contributed by atoms with Crippen LogP contribution in [-0.4, -0.2) is 32.4 Å². The van der Waals surface area contributed by atoms with Gasteiger partial charge in [0.15, 0.2) is 0 Å². The zero-order chi connectivity index (χ0) is 19.4. The molecule has 0 aliphatic rings. The van der Waals surface area contributed by atoms with Gasteiger partial charge in [0.25, 0.3) is 11.6 Å². The molecule has 3 aromatic rings. The van der Waals surface area contributed by atoms with Crippen LogP contribution in [0.15, 0.2) is 53.1 Å². The number of carbonyl (C=O) groups excluding carboxylic acids is 1. The largest absolute Gasteiger partial charge is 0.337 e. The van der Waals surface area contributed by atoms with E-state index in [-0.39, 0.29) is 18.1 Å². The number of nitrogens with zero attached hydrogens (tertiary/aromatic N) is 4. The summed E-state index contributed by atoms with van der Waals surface area (Å²) < 4.78 is 5.28. The molecule has 0 saturated heterocycles. The van der Waals surface area contributed by atoms with Crippen LogP contribution in [-0.2, 0) is 6.54 Å². The first-order chi connectivity index (χ1) is 13.0. The molecular weight excluding hydrogens is 348 g/mol. The summed E-state index contributed by atoms with van der Waals surface area (Å²) in [5.74, 6) is 0.527. The smallest absolute Gasteiger partial charge is 0.269 e. The number of hydrogen-bond acceptors (Lipinski definition) is 6. The van der Waals surface area contributed by atoms with Crippen molar-refractivity contribution in [3.63, 3.8) is 0 Å². The minimum atomic E-state index is -0.503. The van der Waals surface area contributed by atoms with Gasteiger partial charge < -0.3 is 9.42 Å². The maximum absolute atomic E-state index is 12.6. The van der Waals surface area contributed by atoms with Gasteiger partial charge in [0.2, 0.25) is 11.7 Å². The lowest BCUT2D eigenvalue weighted by molar-refractivity contribution is -0.384. The normalized spacial score (nSPS) is 10.6. The van der Waals surface area contributed by atoms with Crippen LogP contribution in [0.1, 0.15) is 28.7 Å². The Morgan fingerprint density at radius 3 is 2.59 bits per heavy atom. The van der Waals surface area contributed by atoms with E-state index in [0.29, 0.717) is 23.8 Å². The Hall–Kier alpha value is -3.55. The van der Waals surface area contributed by atoms with E-state index in [1.807, 2.05) is 38.1 Å². The van der Waals surface area contributed by atoms with Crippen molar-refractivity contribution in [3.8, 4) is 11.4 Å². The van der Waals surface area contributed by atoms with Gasteiger partial charge in [-0.2, -0.15) is 4.98 Å². The Labute approximate surface area is 155 Å². The molecule has 138 valence electrons. The molecule has 0 unspecified atom stereocenters. The van der Waals surface area contributed by atoms with E-state index in [9.17, 15) is 14.9 Å². The second kappa shape index (κ2) is 7.77. The van der Waals surface area contributed by atoms with Crippen molar-refractivity contribution in [1.29, 1.82) is 0 Å². The zero-order valence-electron chi connectivity index (χ0n) is 15.0. The fourth-order valence-electron chi connectivity index (χ4n) is 2.62. The Morgan fingerprint density at radius 2 is 1.96 bits per heavy atom. The topological polar surface area (TPSA) is 102 Å². The number of aryl methyl sites for hydroxylation is 1. The standard InChI is InChI=1S/C19H18N4O4/c1-3-22(19(24)14-7-9-16(10-8-14)23(25)26)12-17-20-18(21-27-17)15-6-4-5-13(2)11-15/h4-11H,3,12H2,1-2H3. The Kier molecular flexibility index (Phi) is 5.25. The number of hydrogen-bond donors (Lipinski definition) is 0. The molecule has 0 atom stereocenters. The van der Waals surface area contributed by atoms with Gasteiger partial charge in [-0.3, -0.25) is 14.9 Å². The van der Waals surface area contributed by atoms with Gasteiger partial charge in [0, 0.05) is 29.8 Å². The highest BCUT2D eigenvalue weighted by molar-refractivity contribution is 5.94. The van der Waals surface area contributed by atoms with Crippen LogP contribution in [0.4, 0.5) is 5.69 Å². The number of rotatable bonds is 6. The molecule has 0 fully saturated rings. The molecule has 0 aliphatic heterocycles. The zero-order valence-corrected chi connectivity index (χ0v) is 15.0. The van der Waals surface area contributed by atoms with E-state index in [0.717, 1.165) is 11.1 Å². The van der Waals surface area contributed by atoms with Crippen molar-refractivity contribution < 1.29 is 14.2 Å². The van der Waals surface area contributed by atoms with E-state index in [4.69, 9.17) is 4.52 Å². The average molecular weight is 366 g/mol. The van der Waals surface area contributed by atoms with Crippen molar-refractivity contribution in [2.45, 2.75) is 20.4 Å². The molecule has 1 heterocycles. The van der Waals surface area contributed by atoms with Crippen LogP contribution in [0.25, 0.3) is 11.4 Å². The van der Waals surface area contributed by atoms with Crippen molar-refractivity contribution in [1.82, 2.24) is 15.0 Å². The van der Waals surface area contributed by atoms with E-state index in [2.05, 4.69) is 10.1 Å². The maximum atomic E-state index is 12.6. The molecule has 0 N–H and O–H groups in total. The predicted octanol–water partition coefficient (Wildman–Crippen LogP) is 3.62. The quantitative estimate of drug-likeness (QED) is 0.488. The second-order valence-corrected chi connectivity index (χ2v) is 6.00. The number of nitro groups is 1. The van der Waals surface area contributed by atoms with E-state index < -0.39 is 4.92 Å². The minimum Gasteiger partial charge on any atom is -0.337 e. The lowest BCUT2D eigenvalue weighted by Gasteiger charge is -2.18. The summed E-state index contributed by atoms with van der Waals surface area (Å²) >= 11 is 0. The monoisotopic (exact) mass is 366 g/mol. The third-order valence-corrected chi connectivity index (χ3v) is 4.06. The molecule has 8 heteroatoms. The van der Waals surface area contributed by atoms with Crippen LogP contribution in [0.5, 0.6) is 0 Å². The molecule has 27 heavy (non-hydrogen) atoms. The molecule has 1 amide bonds. The molecule has 0 radical (unpaired) electrons. The summed E-state index contributed by atoms with van der Waals surface area (Å²) in [6.07, 6.45) is 0. The van der Waals surface area contributed by atoms with Crippen molar-refractivity contribution in [2.24, 2.45) is 0 Å². The molecule has 0 bridgehead atoms. The molecule has 3 rings (SSSR count). The Bertz CT molecular complexity index is 966. The van der Waals surface area contributed by atoms with Crippen LogP contribution in [0, 0.1) is 17.0 Å². The first-order valence-electron chi connectivity index (χ1n) is 8.41. The summed E-state index contributed by atoms with van der Waals surface area (Å²) in [5, 5.41) is 14.7. The first-order valence-corrected chi connectivity index (χ1v) is 8.41. The fourth-order valence-corrected chi connectivity index (χ4v) is 2.62. The Balaban J connectivity index is 1.75. The number of non-ortho nitro benzene ring substituents is 1. The molecule has 1 aromatic heterocycles. The van der Waals surface area contributed by atoms with Gasteiger partial charge >= 0.3 is 0 Å². The summed E-state index contributed by atoms with van der Waals surface area (Å²) in [7, 11) is 0. The SMILES string of the molecule is CCN(Cc1nc(-c2cccc(C)c2)no1)C(=O)c1ccc([N+](=O)[O-])cc1. The summed E-state index contributed by atoms with van der Waals surface area (Å²) in [4.78, 5) is 28.8. The summed E-state index contributed by atoms with van der Waals surface area (Å²) in [6, 6.07) is 13.2. The second-order valence-electron chi connectivity index (χ2n) is 6.00. The van der Waals surface area contributed by atoms with E-state index in [1.165, 1.54) is 29.2 Å². The fraction of sp³-hybridized carbons (Fsp3) is 0.211. The molecule has 0 saturated carbocycles. The van der Waals surface area contributed by atoms with Crippen LogP contribution >= 0.6 is 0 Å². The van der Waals surface area contributed by atoms with Crippen molar-refractivity contribution in [3.05, 3.63) is 75.7 Å². The molecular formula is C19H18N4O4. The van der Waals surface area contributed by atoms with Gasteiger partial charge in [-0.25, -0.2) is 0 Å². The average Bonchev–Trinajstić information content (AvgIpc) is 3.14. The predicted molar refractivity (Wildman–Crippen MR) is 98.0 cm³/mol. The van der Waals surface area contributed by atoms with Gasteiger partial charge in [-0.15, -0.1) is 0 Å². The highest BCUT2D eigenvalue weighted by atomic mass is 16.6. The molecule has 0 spiro atoms. The number of nitro benzene ring substituents is 1. The highest BCUT2D eigenvalue weighted by Crippen LogP contribution is 2.19. The van der Waals surface area contributed by atoms with Crippen molar-refractivity contribution in [2.75, 3.05) is 6.54 Å². The maximum Gasteiger partial charge on any atom is 0.269 e. The number of carbonyl (C=O) groups is 1. The number of benzene rings is 2. The third kappa shape index (κ3) is 4.17. The van der Waals surface area contributed by atoms with Crippen LogP contribution in [0.2, 0.25) is 0 Å². The lowest BCUT2D eigenvalue weighted by atomic mass is 10.1. The lowest BCUT2D eigenvalue weighted by Crippen LogP contribution is -2.30. The van der Waals surface area contributed by atoms with E-state index >= 15 is 0 Å². The number of aromatic nitrogens is 2. The highest BCUT2D eigenvalue weighted by Gasteiger charge is 2.19.